The summed E-state index contributed by atoms with van der Waals surface area (Å²) in [5.41, 5.74) is 0. The summed E-state index contributed by atoms with van der Waals surface area (Å²) in [6, 6.07) is 8.07. The fourth-order valence-corrected chi connectivity index (χ4v) is 6.43. The lowest BCUT2D eigenvalue weighted by atomic mass is 10.2. The molecule has 0 N–H and O–H groups in total. The van der Waals surface area contributed by atoms with Gasteiger partial charge in [0.15, 0.2) is 5.75 Å². The number of benzene rings is 2. The van der Waals surface area contributed by atoms with Crippen LogP contribution in [0.4, 0.5) is 0 Å². The molecule has 0 aromatic heterocycles. The quantitative estimate of drug-likeness (QED) is 0.237. The molecular formula is C23H27Cl3O8S2. The number of esters is 1. The topological polar surface area (TPSA) is 113 Å². The van der Waals surface area contributed by atoms with Gasteiger partial charge in [-0.05, 0) is 36.4 Å². The summed E-state index contributed by atoms with van der Waals surface area (Å²) < 4.78 is 65.9. The summed E-state index contributed by atoms with van der Waals surface area (Å²) in [6.45, 7) is 4.59. The first-order valence-corrected chi connectivity index (χ1v) is 15.4. The molecule has 0 aliphatic rings. The van der Waals surface area contributed by atoms with Gasteiger partial charge in [-0.15, -0.1) is 11.6 Å². The van der Waals surface area contributed by atoms with Crippen molar-refractivity contribution in [3.63, 3.8) is 0 Å². The number of carbonyl (C=O) groups is 1. The molecule has 0 saturated heterocycles. The Morgan fingerprint density at radius 3 is 2.03 bits per heavy atom. The molecule has 0 unspecified atom stereocenters. The van der Waals surface area contributed by atoms with Crippen LogP contribution < -0.4 is 9.47 Å². The second-order valence-electron chi connectivity index (χ2n) is 8.00. The minimum Gasteiger partial charge on any atom is -0.490 e. The van der Waals surface area contributed by atoms with Crippen LogP contribution in [0.25, 0.3) is 0 Å². The molecule has 200 valence electrons. The molecule has 0 spiro atoms. The molecule has 0 aliphatic heterocycles. The minimum atomic E-state index is -3.98. The van der Waals surface area contributed by atoms with Crippen molar-refractivity contribution in [3.8, 4) is 11.5 Å². The number of halogens is 3. The average molecular weight is 602 g/mol. The fraction of sp³-hybridized carbons (Fsp3) is 0.435. The van der Waals surface area contributed by atoms with Crippen LogP contribution in [0.1, 0.15) is 20.8 Å². The molecule has 2 atom stereocenters. The highest BCUT2D eigenvalue weighted by Crippen LogP contribution is 2.37. The Morgan fingerprint density at radius 2 is 1.53 bits per heavy atom. The molecule has 0 radical (unpaired) electrons. The number of carbonyl (C=O) groups excluding carboxylic acids is 1. The third kappa shape index (κ3) is 8.69. The normalized spacial score (nSPS) is 13.6. The van der Waals surface area contributed by atoms with Crippen molar-refractivity contribution in [1.82, 2.24) is 0 Å². The standard InChI is InChI=1S/C23H27Cl3O8S2/c1-4-35(28,29)14-15(2)12-33-23-21(25)9-20(10-22(23)26)36(30,31)19-7-5-17(6-8-19)32-13-18(11-24)34-16(3)27/h5-10,15,18H,4,11-14H2,1-3H3/t15-,18+/m1/s1. The first kappa shape index (κ1) is 30.5. The van der Waals surface area contributed by atoms with Crippen LogP contribution in [0.2, 0.25) is 10.0 Å². The predicted molar refractivity (Wildman–Crippen MR) is 139 cm³/mol. The summed E-state index contributed by atoms with van der Waals surface area (Å²) in [4.78, 5) is 10.9. The molecule has 36 heavy (non-hydrogen) atoms. The predicted octanol–water partition coefficient (Wildman–Crippen LogP) is 4.83. The minimum absolute atomic E-state index is 0.00481. The van der Waals surface area contributed by atoms with Gasteiger partial charge in [0.2, 0.25) is 9.84 Å². The van der Waals surface area contributed by atoms with Crippen molar-refractivity contribution in [1.29, 1.82) is 0 Å². The van der Waals surface area contributed by atoms with E-state index in [1.165, 1.54) is 43.3 Å². The number of rotatable bonds is 13. The molecule has 0 heterocycles. The number of sulfone groups is 2. The Hall–Kier alpha value is -1.72. The van der Waals surface area contributed by atoms with Crippen molar-refractivity contribution < 1.29 is 35.8 Å². The molecule has 13 heteroatoms. The van der Waals surface area contributed by atoms with Gasteiger partial charge in [0.1, 0.15) is 28.3 Å². The molecule has 0 amide bonds. The Kier molecular flexibility index (Phi) is 11.2. The van der Waals surface area contributed by atoms with Crippen molar-refractivity contribution in [3.05, 3.63) is 46.4 Å². The van der Waals surface area contributed by atoms with E-state index in [2.05, 4.69) is 0 Å². The van der Waals surface area contributed by atoms with E-state index < -0.39 is 31.7 Å². The van der Waals surface area contributed by atoms with Crippen LogP contribution >= 0.6 is 34.8 Å². The van der Waals surface area contributed by atoms with Gasteiger partial charge >= 0.3 is 5.97 Å². The van der Waals surface area contributed by atoms with E-state index in [0.29, 0.717) is 5.75 Å². The van der Waals surface area contributed by atoms with E-state index in [9.17, 15) is 21.6 Å². The molecule has 2 aromatic rings. The van der Waals surface area contributed by atoms with Gasteiger partial charge < -0.3 is 14.2 Å². The molecule has 2 rings (SSSR count). The monoisotopic (exact) mass is 600 g/mol. The SMILES string of the molecule is CCS(=O)(=O)C[C@H](C)COc1c(Cl)cc(S(=O)(=O)c2ccc(OC[C@H](CCl)OC(C)=O)cc2)cc1Cl. The maximum Gasteiger partial charge on any atom is 0.303 e. The highest BCUT2D eigenvalue weighted by molar-refractivity contribution is 7.91. The number of alkyl halides is 1. The van der Waals surface area contributed by atoms with Crippen LogP contribution in [0, 0.1) is 5.92 Å². The number of ether oxygens (including phenoxy) is 3. The van der Waals surface area contributed by atoms with Crippen molar-refractivity contribution in [2.24, 2.45) is 5.92 Å². The Morgan fingerprint density at radius 1 is 0.944 bits per heavy atom. The molecule has 0 bridgehead atoms. The van der Waals surface area contributed by atoms with Gasteiger partial charge in [0, 0.05) is 18.6 Å². The summed E-state index contributed by atoms with van der Waals surface area (Å²) in [5.74, 6) is -0.358. The maximum atomic E-state index is 13.1. The van der Waals surface area contributed by atoms with Crippen molar-refractivity contribution in [2.45, 2.75) is 36.7 Å². The molecule has 8 nitrogen and oxygen atoms in total. The van der Waals surface area contributed by atoms with Crippen LogP contribution in [-0.2, 0) is 29.2 Å². The van der Waals surface area contributed by atoms with Crippen molar-refractivity contribution in [2.75, 3.05) is 30.6 Å². The summed E-state index contributed by atoms with van der Waals surface area (Å²) in [5, 5.41) is -0.0478. The summed E-state index contributed by atoms with van der Waals surface area (Å²) >= 11 is 18.3. The average Bonchev–Trinajstić information content (AvgIpc) is 2.80. The molecule has 0 aliphatic carbocycles. The molecule has 0 fully saturated rings. The van der Waals surface area contributed by atoms with Crippen LogP contribution in [0.15, 0.2) is 46.2 Å². The molecular weight excluding hydrogens is 575 g/mol. The van der Waals surface area contributed by atoms with E-state index in [4.69, 9.17) is 49.0 Å². The van der Waals surface area contributed by atoms with Crippen LogP contribution in [-0.4, -0.2) is 59.5 Å². The molecule has 2 aromatic carbocycles. The zero-order valence-electron chi connectivity index (χ0n) is 19.9. The van der Waals surface area contributed by atoms with Gasteiger partial charge in [0.05, 0.1) is 38.1 Å². The number of hydrogen-bond donors (Lipinski definition) is 0. The van der Waals surface area contributed by atoms with Gasteiger partial charge in [0.25, 0.3) is 0 Å². The highest BCUT2D eigenvalue weighted by Gasteiger charge is 2.23. The Labute approximate surface area is 226 Å². The summed E-state index contributed by atoms with van der Waals surface area (Å²) in [6.07, 6.45) is -0.642. The fourth-order valence-electron chi connectivity index (χ4n) is 3.04. The third-order valence-corrected chi connectivity index (χ3v) is 9.46. The zero-order chi connectivity index (χ0) is 27.1. The van der Waals surface area contributed by atoms with E-state index in [1.54, 1.807) is 13.8 Å². The maximum absolute atomic E-state index is 13.1. The van der Waals surface area contributed by atoms with E-state index >= 15 is 0 Å². The lowest BCUT2D eigenvalue weighted by molar-refractivity contribution is -0.146. The van der Waals surface area contributed by atoms with Crippen molar-refractivity contribution >= 4 is 60.4 Å². The number of hydrogen-bond acceptors (Lipinski definition) is 8. The summed E-state index contributed by atoms with van der Waals surface area (Å²) in [7, 11) is -7.16. The Bertz CT molecular complexity index is 1240. The highest BCUT2D eigenvalue weighted by atomic mass is 35.5. The van der Waals surface area contributed by atoms with Crippen LogP contribution in [0.3, 0.4) is 0 Å². The van der Waals surface area contributed by atoms with Gasteiger partial charge in [-0.3, -0.25) is 4.79 Å². The lowest BCUT2D eigenvalue weighted by Gasteiger charge is -2.16. The van der Waals surface area contributed by atoms with E-state index in [-0.39, 0.29) is 62.1 Å². The van der Waals surface area contributed by atoms with Gasteiger partial charge in [-0.25, -0.2) is 16.8 Å². The van der Waals surface area contributed by atoms with Gasteiger partial charge in [-0.1, -0.05) is 37.0 Å². The Balaban J connectivity index is 2.14. The molecule has 0 saturated carbocycles. The second kappa shape index (κ2) is 13.2. The third-order valence-electron chi connectivity index (χ3n) is 4.85. The smallest absolute Gasteiger partial charge is 0.303 e. The van der Waals surface area contributed by atoms with Crippen LogP contribution in [0.5, 0.6) is 11.5 Å². The first-order chi connectivity index (χ1) is 16.8. The van der Waals surface area contributed by atoms with E-state index in [1.807, 2.05) is 0 Å². The largest absolute Gasteiger partial charge is 0.490 e. The first-order valence-electron chi connectivity index (χ1n) is 10.8. The van der Waals surface area contributed by atoms with E-state index in [0.717, 1.165) is 0 Å². The second-order valence-corrected chi connectivity index (χ2v) is 13.5. The lowest BCUT2D eigenvalue weighted by Crippen LogP contribution is -2.25. The zero-order valence-corrected chi connectivity index (χ0v) is 23.8. The van der Waals surface area contributed by atoms with Gasteiger partial charge in [-0.2, -0.15) is 0 Å².